The molecule has 24 heavy (non-hydrogen) atoms. The lowest BCUT2D eigenvalue weighted by atomic mass is 10.1. The molecule has 0 radical (unpaired) electrons. The van der Waals surface area contributed by atoms with Crippen molar-refractivity contribution in [2.45, 2.75) is 33.0 Å². The van der Waals surface area contributed by atoms with Crippen molar-refractivity contribution in [2.75, 3.05) is 13.2 Å². The first-order valence-corrected chi connectivity index (χ1v) is 7.70. The minimum absolute atomic E-state index is 0.169. The van der Waals surface area contributed by atoms with Crippen LogP contribution in [0.3, 0.4) is 0 Å². The molecular weight excluding hydrogens is 312 g/mol. The second-order valence-electron chi connectivity index (χ2n) is 5.16. The fourth-order valence-corrected chi connectivity index (χ4v) is 1.73. The Balaban J connectivity index is 2.32. The summed E-state index contributed by atoms with van der Waals surface area (Å²) in [5, 5.41) is 7.76. The van der Waals surface area contributed by atoms with E-state index in [1.807, 2.05) is 24.3 Å². The molecule has 0 saturated heterocycles. The van der Waals surface area contributed by atoms with E-state index in [4.69, 9.17) is 10.5 Å². The first-order chi connectivity index (χ1) is 11.4. The van der Waals surface area contributed by atoms with Crippen molar-refractivity contribution in [3.8, 4) is 0 Å². The fourth-order valence-electron chi connectivity index (χ4n) is 1.73. The van der Waals surface area contributed by atoms with E-state index in [0.29, 0.717) is 13.1 Å². The van der Waals surface area contributed by atoms with Gasteiger partial charge < -0.3 is 26.4 Å². The normalized spacial score (nSPS) is 11.3. The predicted octanol–water partition coefficient (Wildman–Crippen LogP) is 0.0123. The number of carbonyl (C=O) groups is 3. The van der Waals surface area contributed by atoms with Crippen molar-refractivity contribution in [3.63, 3.8) is 0 Å². The van der Waals surface area contributed by atoms with Gasteiger partial charge in [0, 0.05) is 13.1 Å². The van der Waals surface area contributed by atoms with Crippen LogP contribution < -0.4 is 21.7 Å². The molecule has 1 atom stereocenters. The Bertz CT molecular complexity index is 558. The minimum Gasteiger partial charge on any atom is -0.465 e. The van der Waals surface area contributed by atoms with E-state index in [9.17, 15) is 14.4 Å². The van der Waals surface area contributed by atoms with Gasteiger partial charge in [0.1, 0.15) is 6.54 Å². The Morgan fingerprint density at radius 3 is 2.08 bits per heavy atom. The molecule has 0 aromatic heterocycles. The lowest BCUT2D eigenvalue weighted by molar-refractivity contribution is -0.141. The maximum atomic E-state index is 11.5. The van der Waals surface area contributed by atoms with E-state index < -0.39 is 18.0 Å². The second kappa shape index (κ2) is 10.2. The van der Waals surface area contributed by atoms with Gasteiger partial charge in [-0.25, -0.2) is 4.79 Å². The highest BCUT2D eigenvalue weighted by molar-refractivity contribution is 5.81. The number of amides is 3. The van der Waals surface area contributed by atoms with Crippen LogP contribution in [0.2, 0.25) is 0 Å². The molecular formula is C16H24N4O4. The number of hydrogen-bond donors (Lipinski definition) is 4. The van der Waals surface area contributed by atoms with Crippen LogP contribution in [0.15, 0.2) is 24.3 Å². The molecule has 0 aliphatic rings. The smallest absolute Gasteiger partial charge is 0.325 e. The monoisotopic (exact) mass is 336 g/mol. The van der Waals surface area contributed by atoms with Crippen molar-refractivity contribution >= 4 is 17.9 Å². The highest BCUT2D eigenvalue weighted by Crippen LogP contribution is 2.04. The summed E-state index contributed by atoms with van der Waals surface area (Å²) in [6.45, 7) is 4.15. The maximum absolute atomic E-state index is 11.5. The molecule has 1 rings (SSSR count). The topological polar surface area (TPSA) is 123 Å². The molecule has 0 spiro atoms. The Morgan fingerprint density at radius 1 is 1.04 bits per heavy atom. The standard InChI is InChI=1S/C16H24N4O4/c1-3-24-14(21)10-20-16(23)19-9-13-6-4-12(5-7-13)8-18-15(22)11(2)17/h4-7,11H,3,8-10,17H2,1-2H3,(H,18,22)(H2,19,20,23)/t11-/m0/s1. The van der Waals surface area contributed by atoms with Crippen LogP contribution in [0.1, 0.15) is 25.0 Å². The molecule has 132 valence electrons. The average molecular weight is 336 g/mol. The molecule has 8 heteroatoms. The minimum atomic E-state index is -0.540. The summed E-state index contributed by atoms with van der Waals surface area (Å²) in [5.74, 6) is -0.690. The van der Waals surface area contributed by atoms with Gasteiger partial charge in [0.15, 0.2) is 0 Å². The number of esters is 1. The van der Waals surface area contributed by atoms with Crippen molar-refractivity contribution in [1.29, 1.82) is 0 Å². The summed E-state index contributed by atoms with van der Waals surface area (Å²) >= 11 is 0. The van der Waals surface area contributed by atoms with Crippen molar-refractivity contribution < 1.29 is 19.1 Å². The van der Waals surface area contributed by atoms with Crippen LogP contribution in [0.4, 0.5) is 4.79 Å². The van der Waals surface area contributed by atoms with Crippen LogP contribution in [0.25, 0.3) is 0 Å². The van der Waals surface area contributed by atoms with E-state index >= 15 is 0 Å². The summed E-state index contributed by atoms with van der Waals surface area (Å²) in [6.07, 6.45) is 0. The number of ether oxygens (including phenoxy) is 1. The van der Waals surface area contributed by atoms with E-state index in [1.54, 1.807) is 13.8 Å². The largest absolute Gasteiger partial charge is 0.465 e. The summed E-state index contributed by atoms with van der Waals surface area (Å²) in [4.78, 5) is 34.0. The van der Waals surface area contributed by atoms with Crippen LogP contribution >= 0.6 is 0 Å². The van der Waals surface area contributed by atoms with Crippen LogP contribution in [0.5, 0.6) is 0 Å². The van der Waals surface area contributed by atoms with Gasteiger partial charge in [-0.1, -0.05) is 24.3 Å². The highest BCUT2D eigenvalue weighted by Gasteiger charge is 2.07. The molecule has 5 N–H and O–H groups in total. The number of carbonyl (C=O) groups excluding carboxylic acids is 3. The SMILES string of the molecule is CCOC(=O)CNC(=O)NCc1ccc(CNC(=O)[C@H](C)N)cc1. The molecule has 0 aliphatic heterocycles. The van der Waals surface area contributed by atoms with Crippen molar-refractivity contribution in [3.05, 3.63) is 35.4 Å². The molecule has 0 heterocycles. The molecule has 0 unspecified atom stereocenters. The van der Waals surface area contributed by atoms with Gasteiger partial charge in [0.2, 0.25) is 5.91 Å². The van der Waals surface area contributed by atoms with Gasteiger partial charge in [-0.3, -0.25) is 9.59 Å². The maximum Gasteiger partial charge on any atom is 0.325 e. The van der Waals surface area contributed by atoms with Gasteiger partial charge in [0.25, 0.3) is 0 Å². The van der Waals surface area contributed by atoms with Crippen LogP contribution in [0, 0.1) is 0 Å². The lowest BCUT2D eigenvalue weighted by Crippen LogP contribution is -2.38. The molecule has 0 bridgehead atoms. The molecule has 8 nitrogen and oxygen atoms in total. The molecule has 0 aliphatic carbocycles. The van der Waals surface area contributed by atoms with Crippen molar-refractivity contribution in [2.24, 2.45) is 5.73 Å². The van der Waals surface area contributed by atoms with Crippen molar-refractivity contribution in [1.82, 2.24) is 16.0 Å². The van der Waals surface area contributed by atoms with E-state index in [0.717, 1.165) is 11.1 Å². The van der Waals surface area contributed by atoms with E-state index in [1.165, 1.54) is 0 Å². The Hall–Kier alpha value is -2.61. The molecule has 3 amide bonds. The molecule has 0 fully saturated rings. The fraction of sp³-hybridized carbons (Fsp3) is 0.438. The first kappa shape index (κ1) is 19.4. The summed E-state index contributed by atoms with van der Waals surface area (Å²) in [5.41, 5.74) is 7.29. The first-order valence-electron chi connectivity index (χ1n) is 7.70. The van der Waals surface area contributed by atoms with Gasteiger partial charge in [-0.05, 0) is 25.0 Å². The summed E-state index contributed by atoms with van der Waals surface area (Å²) < 4.78 is 4.70. The third kappa shape index (κ3) is 7.59. The number of rotatable bonds is 8. The van der Waals surface area contributed by atoms with E-state index in [-0.39, 0.29) is 19.1 Å². The third-order valence-electron chi connectivity index (χ3n) is 3.05. The molecule has 0 saturated carbocycles. The van der Waals surface area contributed by atoms with E-state index in [2.05, 4.69) is 16.0 Å². The zero-order valence-corrected chi connectivity index (χ0v) is 13.9. The van der Waals surface area contributed by atoms with Gasteiger partial charge in [-0.2, -0.15) is 0 Å². The number of benzene rings is 1. The third-order valence-corrected chi connectivity index (χ3v) is 3.05. The number of hydrogen-bond acceptors (Lipinski definition) is 5. The van der Waals surface area contributed by atoms with Crippen LogP contribution in [-0.4, -0.2) is 37.1 Å². The van der Waals surface area contributed by atoms with Gasteiger partial charge in [-0.15, -0.1) is 0 Å². The Morgan fingerprint density at radius 2 is 1.58 bits per heavy atom. The predicted molar refractivity (Wildman–Crippen MR) is 88.8 cm³/mol. The number of nitrogens with two attached hydrogens (primary N) is 1. The molecule has 1 aromatic carbocycles. The quantitative estimate of drug-likeness (QED) is 0.498. The zero-order valence-electron chi connectivity index (χ0n) is 13.9. The number of nitrogens with one attached hydrogen (secondary N) is 3. The summed E-state index contributed by atoms with van der Waals surface area (Å²) in [6, 6.07) is 6.42. The Kier molecular flexibility index (Phi) is 8.28. The Labute approximate surface area is 141 Å². The van der Waals surface area contributed by atoms with Gasteiger partial charge >= 0.3 is 12.0 Å². The second-order valence-corrected chi connectivity index (χ2v) is 5.16. The average Bonchev–Trinajstić information content (AvgIpc) is 2.57. The van der Waals surface area contributed by atoms with Gasteiger partial charge in [0.05, 0.1) is 12.6 Å². The zero-order chi connectivity index (χ0) is 17.9. The number of urea groups is 1. The lowest BCUT2D eigenvalue weighted by Gasteiger charge is -2.09. The summed E-state index contributed by atoms with van der Waals surface area (Å²) in [7, 11) is 0. The van der Waals surface area contributed by atoms with Crippen LogP contribution in [-0.2, 0) is 27.4 Å². The highest BCUT2D eigenvalue weighted by atomic mass is 16.5. The molecule has 1 aromatic rings.